The minimum Gasteiger partial charge on any atom is -0.390 e. The zero-order valence-corrected chi connectivity index (χ0v) is 4.37. The molecular formula is C5H8O3. The molecule has 0 amide bonds. The Hall–Kier alpha value is -0.120. The van der Waals surface area contributed by atoms with Crippen molar-refractivity contribution in [1.29, 1.82) is 0 Å². The molecule has 2 radical (unpaired) electrons. The highest BCUT2D eigenvalue weighted by molar-refractivity contribution is 4.78. The molecule has 0 aromatic carbocycles. The van der Waals surface area contributed by atoms with Gasteiger partial charge in [0.25, 0.3) is 0 Å². The predicted octanol–water partition coefficient (Wildman–Crippen LogP) is -0.833. The molecule has 2 atom stereocenters. The molecule has 3 nitrogen and oxygen atoms in total. The van der Waals surface area contributed by atoms with E-state index < -0.39 is 12.2 Å². The molecule has 1 fully saturated rings. The van der Waals surface area contributed by atoms with E-state index in [1.165, 1.54) is 0 Å². The molecular weight excluding hydrogens is 108 g/mol. The summed E-state index contributed by atoms with van der Waals surface area (Å²) in [5.41, 5.74) is 0. The van der Waals surface area contributed by atoms with Crippen molar-refractivity contribution in [2.24, 2.45) is 0 Å². The summed E-state index contributed by atoms with van der Waals surface area (Å²) in [6.45, 7) is 2.69. The molecule has 46 valence electrons. The van der Waals surface area contributed by atoms with Crippen LogP contribution < -0.4 is 0 Å². The molecule has 1 aliphatic heterocycles. The monoisotopic (exact) mass is 116 g/mol. The first-order chi connectivity index (χ1) is 3.80. The summed E-state index contributed by atoms with van der Waals surface area (Å²) in [7, 11) is 0. The number of hydrogen-bond donors (Lipinski definition) is 2. The third-order valence-electron chi connectivity index (χ3n) is 1.08. The van der Waals surface area contributed by atoms with E-state index in [-0.39, 0.29) is 0 Å². The van der Waals surface area contributed by atoms with Gasteiger partial charge in [0.15, 0.2) is 6.61 Å². The third-order valence-corrected chi connectivity index (χ3v) is 1.08. The molecule has 1 heterocycles. The van der Waals surface area contributed by atoms with Gasteiger partial charge in [-0.15, -0.1) is 0 Å². The maximum Gasteiger partial charge on any atom is 0.165 e. The van der Waals surface area contributed by atoms with Gasteiger partial charge < -0.3 is 14.9 Å². The molecule has 0 spiro atoms. The fourth-order valence-electron chi connectivity index (χ4n) is 0.560. The molecule has 2 unspecified atom stereocenters. The Kier molecular flexibility index (Phi) is 1.83. The SMILES string of the molecule is OC1[C]OCCC1O. The van der Waals surface area contributed by atoms with Crippen LogP contribution in [0.3, 0.4) is 0 Å². The second-order valence-corrected chi connectivity index (χ2v) is 1.77. The van der Waals surface area contributed by atoms with E-state index in [0.717, 1.165) is 0 Å². The molecule has 1 rings (SSSR count). The van der Waals surface area contributed by atoms with Gasteiger partial charge in [0, 0.05) is 0 Å². The van der Waals surface area contributed by atoms with Crippen molar-refractivity contribution >= 4 is 0 Å². The van der Waals surface area contributed by atoms with Crippen molar-refractivity contribution in [2.45, 2.75) is 18.6 Å². The van der Waals surface area contributed by atoms with E-state index in [2.05, 4.69) is 11.3 Å². The van der Waals surface area contributed by atoms with E-state index in [0.29, 0.717) is 13.0 Å². The topological polar surface area (TPSA) is 49.7 Å². The van der Waals surface area contributed by atoms with Gasteiger partial charge >= 0.3 is 0 Å². The van der Waals surface area contributed by atoms with E-state index in [1.807, 2.05) is 0 Å². The lowest BCUT2D eigenvalue weighted by molar-refractivity contribution is -0.0502. The molecule has 3 heteroatoms. The van der Waals surface area contributed by atoms with Gasteiger partial charge in [-0.25, -0.2) is 0 Å². The Morgan fingerprint density at radius 3 is 2.62 bits per heavy atom. The van der Waals surface area contributed by atoms with Gasteiger partial charge in [0.1, 0.15) is 6.10 Å². The van der Waals surface area contributed by atoms with Crippen molar-refractivity contribution in [3.05, 3.63) is 6.61 Å². The molecule has 2 N–H and O–H groups in total. The van der Waals surface area contributed by atoms with E-state index in [9.17, 15) is 0 Å². The lowest BCUT2D eigenvalue weighted by atomic mass is 10.1. The quantitative estimate of drug-likeness (QED) is 0.434. The van der Waals surface area contributed by atoms with E-state index in [4.69, 9.17) is 10.2 Å². The normalized spacial score (nSPS) is 39.8. The molecule has 0 aromatic rings. The zero-order valence-electron chi connectivity index (χ0n) is 4.37. The molecule has 0 aliphatic carbocycles. The third kappa shape index (κ3) is 1.18. The largest absolute Gasteiger partial charge is 0.390 e. The lowest BCUT2D eigenvalue weighted by Gasteiger charge is -2.21. The smallest absolute Gasteiger partial charge is 0.165 e. The van der Waals surface area contributed by atoms with Crippen molar-refractivity contribution in [1.82, 2.24) is 0 Å². The van der Waals surface area contributed by atoms with Crippen LogP contribution in [0.2, 0.25) is 0 Å². The number of hydrogen-bond acceptors (Lipinski definition) is 3. The Bertz CT molecular complexity index is 64.1. The summed E-state index contributed by atoms with van der Waals surface area (Å²) in [5, 5.41) is 17.5. The van der Waals surface area contributed by atoms with Crippen LogP contribution in [-0.2, 0) is 4.74 Å². The van der Waals surface area contributed by atoms with Crippen LogP contribution in [0, 0.1) is 6.61 Å². The molecule has 1 saturated heterocycles. The first-order valence-electron chi connectivity index (χ1n) is 2.54. The summed E-state index contributed by atoms with van der Waals surface area (Å²) in [5.74, 6) is 0. The number of rotatable bonds is 0. The van der Waals surface area contributed by atoms with Crippen LogP contribution in [0.25, 0.3) is 0 Å². The standard InChI is InChI=1S/C5H8O3/c6-4-1-2-8-3-5(4)7/h4-7H,1-2H2. The molecule has 1 aliphatic rings. The van der Waals surface area contributed by atoms with Gasteiger partial charge in [-0.2, -0.15) is 0 Å². The first kappa shape index (κ1) is 6.01. The van der Waals surface area contributed by atoms with Crippen LogP contribution in [0.4, 0.5) is 0 Å². The highest BCUT2D eigenvalue weighted by atomic mass is 16.5. The fraction of sp³-hybridized carbons (Fsp3) is 0.800. The maximum atomic E-state index is 8.79. The van der Waals surface area contributed by atoms with E-state index in [1.54, 1.807) is 0 Å². The minimum absolute atomic E-state index is 0.457. The van der Waals surface area contributed by atoms with Gasteiger partial charge in [-0.05, 0) is 6.42 Å². The van der Waals surface area contributed by atoms with Gasteiger partial charge in [-0.1, -0.05) is 0 Å². The van der Waals surface area contributed by atoms with Crippen LogP contribution >= 0.6 is 0 Å². The van der Waals surface area contributed by atoms with Gasteiger partial charge in [0.2, 0.25) is 0 Å². The molecule has 0 saturated carbocycles. The molecule has 0 aromatic heterocycles. The van der Waals surface area contributed by atoms with Crippen LogP contribution in [0.1, 0.15) is 6.42 Å². The van der Waals surface area contributed by atoms with Gasteiger partial charge in [-0.3, -0.25) is 0 Å². The number of aliphatic hydroxyl groups excluding tert-OH is 2. The first-order valence-corrected chi connectivity index (χ1v) is 2.54. The summed E-state index contributed by atoms with van der Waals surface area (Å²) in [4.78, 5) is 0. The lowest BCUT2D eigenvalue weighted by Crippen LogP contribution is -2.32. The summed E-state index contributed by atoms with van der Waals surface area (Å²) >= 11 is 0. The fourth-order valence-corrected chi connectivity index (χ4v) is 0.560. The average molecular weight is 116 g/mol. The molecule has 8 heavy (non-hydrogen) atoms. The predicted molar refractivity (Wildman–Crippen MR) is 25.8 cm³/mol. The van der Waals surface area contributed by atoms with Crippen molar-refractivity contribution < 1.29 is 14.9 Å². The Morgan fingerprint density at radius 2 is 2.25 bits per heavy atom. The Labute approximate surface area is 47.9 Å². The Morgan fingerprint density at radius 1 is 1.50 bits per heavy atom. The van der Waals surface area contributed by atoms with Crippen LogP contribution in [0.15, 0.2) is 0 Å². The van der Waals surface area contributed by atoms with Crippen LogP contribution in [-0.4, -0.2) is 29.0 Å². The van der Waals surface area contributed by atoms with Gasteiger partial charge in [0.05, 0.1) is 12.7 Å². The van der Waals surface area contributed by atoms with E-state index >= 15 is 0 Å². The summed E-state index contributed by atoms with van der Waals surface area (Å²) in [6.07, 6.45) is -1.10. The van der Waals surface area contributed by atoms with Crippen LogP contribution in [0.5, 0.6) is 0 Å². The highest BCUT2D eigenvalue weighted by Crippen LogP contribution is 2.09. The maximum absolute atomic E-state index is 8.79. The highest BCUT2D eigenvalue weighted by Gasteiger charge is 2.21. The average Bonchev–Trinajstić information content (AvgIpc) is 1.77. The second-order valence-electron chi connectivity index (χ2n) is 1.77. The number of aliphatic hydroxyl groups is 2. The zero-order chi connectivity index (χ0) is 5.98. The van der Waals surface area contributed by atoms with Crippen molar-refractivity contribution in [2.75, 3.05) is 6.61 Å². The number of ether oxygens (including phenoxy) is 1. The van der Waals surface area contributed by atoms with Crippen molar-refractivity contribution in [3.8, 4) is 0 Å². The summed E-state index contributed by atoms with van der Waals surface area (Å²) in [6, 6.07) is 0. The second kappa shape index (κ2) is 2.44. The minimum atomic E-state index is -0.913. The summed E-state index contributed by atoms with van der Waals surface area (Å²) < 4.78 is 4.59. The molecule has 0 bridgehead atoms. The van der Waals surface area contributed by atoms with Crippen molar-refractivity contribution in [3.63, 3.8) is 0 Å². The Balaban J connectivity index is 2.28.